The largest absolute Gasteiger partial charge is 0.497 e. The summed E-state index contributed by atoms with van der Waals surface area (Å²) in [6.45, 7) is 8.78. The van der Waals surface area contributed by atoms with Gasteiger partial charge in [0, 0.05) is 30.2 Å². The molecule has 6 heteroatoms. The Hall–Kier alpha value is -2.60. The van der Waals surface area contributed by atoms with Crippen molar-refractivity contribution in [2.75, 3.05) is 26.7 Å². The second-order valence-corrected chi connectivity index (χ2v) is 8.64. The molecule has 5 rings (SSSR count). The number of methoxy groups -OCH3 is 1. The number of amides is 1. The van der Waals surface area contributed by atoms with Crippen molar-refractivity contribution in [2.24, 2.45) is 11.8 Å². The number of ether oxygens (including phenoxy) is 2. The average Bonchev–Trinajstić information content (AvgIpc) is 2.82. The van der Waals surface area contributed by atoms with Gasteiger partial charge in [-0.1, -0.05) is 19.4 Å². The summed E-state index contributed by atoms with van der Waals surface area (Å²) in [5.41, 5.74) is 1.86. The van der Waals surface area contributed by atoms with Crippen LogP contribution < -0.4 is 10.1 Å². The number of nitrogens with one attached hydrogen (secondary N) is 1. The predicted octanol–water partition coefficient (Wildman–Crippen LogP) is 4.71. The maximum atomic E-state index is 12.7. The Morgan fingerprint density at radius 2 is 2.29 bits per heavy atom. The standard InChI is InChI=1S/C25H33N3O3/c1-4-6-11-27-25(29)31-24(23-14-18-10-13-28(23)16-17(18)5-2)20-9-12-26-22-8-7-19(30-3)15-21(20)22/h5,7-9,12,15,17-18,23-24H,2,4,6,10-11,13-14,16H2,1,3H3,(H,27,29)/t17-,18?,23-,24+/m0/s1. The zero-order valence-corrected chi connectivity index (χ0v) is 18.5. The SMILES string of the molecule is C=C[C@H]1CN2CCC1C[C@H]2[C@H](OC(=O)NCCCC)c1ccnc2ccc(OC)cc12. The van der Waals surface area contributed by atoms with E-state index in [2.05, 4.69) is 34.8 Å². The number of aromatic nitrogens is 1. The molecule has 3 fully saturated rings. The zero-order chi connectivity index (χ0) is 21.8. The lowest BCUT2D eigenvalue weighted by molar-refractivity contribution is -0.0497. The molecular formula is C25H33N3O3. The number of unbranched alkanes of at least 4 members (excludes halogenated alkanes) is 1. The van der Waals surface area contributed by atoms with Crippen LogP contribution in [0.4, 0.5) is 4.79 Å². The molecule has 0 aliphatic carbocycles. The van der Waals surface area contributed by atoms with Crippen molar-refractivity contribution in [1.82, 2.24) is 15.2 Å². The number of fused-ring (bicyclic) bond motifs is 4. The molecule has 0 saturated carbocycles. The van der Waals surface area contributed by atoms with Crippen LogP contribution in [0.25, 0.3) is 10.9 Å². The van der Waals surface area contributed by atoms with E-state index in [9.17, 15) is 4.79 Å². The third-order valence-corrected chi connectivity index (χ3v) is 6.83. The molecule has 4 heterocycles. The fourth-order valence-corrected chi connectivity index (χ4v) is 5.09. The summed E-state index contributed by atoms with van der Waals surface area (Å²) < 4.78 is 11.6. The number of hydrogen-bond acceptors (Lipinski definition) is 5. The molecule has 3 aliphatic rings. The highest BCUT2D eigenvalue weighted by Gasteiger charge is 2.44. The van der Waals surface area contributed by atoms with E-state index in [4.69, 9.17) is 9.47 Å². The average molecular weight is 424 g/mol. The van der Waals surface area contributed by atoms with Gasteiger partial charge >= 0.3 is 6.09 Å². The molecule has 5 atom stereocenters. The summed E-state index contributed by atoms with van der Waals surface area (Å²) in [4.78, 5) is 19.7. The number of benzene rings is 1. The van der Waals surface area contributed by atoms with E-state index in [-0.39, 0.29) is 18.2 Å². The maximum absolute atomic E-state index is 12.7. The molecule has 166 valence electrons. The van der Waals surface area contributed by atoms with E-state index in [1.54, 1.807) is 13.3 Å². The van der Waals surface area contributed by atoms with Gasteiger partial charge < -0.3 is 14.8 Å². The van der Waals surface area contributed by atoms with E-state index in [0.29, 0.717) is 18.4 Å². The smallest absolute Gasteiger partial charge is 0.407 e. The van der Waals surface area contributed by atoms with Gasteiger partial charge in [-0.05, 0) is 61.9 Å². The lowest BCUT2D eigenvalue weighted by atomic mass is 9.73. The molecule has 3 saturated heterocycles. The number of nitrogens with zero attached hydrogens (tertiary/aromatic N) is 2. The lowest BCUT2D eigenvalue weighted by Gasteiger charge is -2.51. The molecule has 1 amide bonds. The van der Waals surface area contributed by atoms with Crippen LogP contribution in [-0.2, 0) is 4.74 Å². The maximum Gasteiger partial charge on any atom is 0.407 e. The lowest BCUT2D eigenvalue weighted by Crippen LogP contribution is -2.55. The van der Waals surface area contributed by atoms with Crippen molar-refractivity contribution in [3.8, 4) is 5.75 Å². The topological polar surface area (TPSA) is 63.7 Å². The van der Waals surface area contributed by atoms with Crippen LogP contribution in [0, 0.1) is 11.8 Å². The van der Waals surface area contributed by atoms with Gasteiger partial charge in [-0.2, -0.15) is 0 Å². The number of hydrogen-bond donors (Lipinski definition) is 1. The highest BCUT2D eigenvalue weighted by Crippen LogP contribution is 2.43. The molecule has 3 aliphatic heterocycles. The van der Waals surface area contributed by atoms with Crippen LogP contribution in [0.3, 0.4) is 0 Å². The fraction of sp³-hybridized carbons (Fsp3) is 0.520. The Bertz CT molecular complexity index is 931. The second-order valence-electron chi connectivity index (χ2n) is 8.64. The number of piperidine rings is 3. The van der Waals surface area contributed by atoms with E-state index in [1.807, 2.05) is 24.3 Å². The third kappa shape index (κ3) is 4.54. The molecule has 1 aromatic carbocycles. The van der Waals surface area contributed by atoms with Gasteiger partial charge in [0.2, 0.25) is 0 Å². The normalized spacial score (nSPS) is 25.7. The van der Waals surface area contributed by atoms with Crippen molar-refractivity contribution >= 4 is 17.0 Å². The molecule has 31 heavy (non-hydrogen) atoms. The molecule has 2 aromatic rings. The summed E-state index contributed by atoms with van der Waals surface area (Å²) in [6, 6.07) is 7.99. The Balaban J connectivity index is 1.69. The van der Waals surface area contributed by atoms with E-state index in [1.165, 1.54) is 6.42 Å². The van der Waals surface area contributed by atoms with Gasteiger partial charge in [-0.15, -0.1) is 6.58 Å². The highest BCUT2D eigenvalue weighted by atomic mass is 16.6. The van der Waals surface area contributed by atoms with Gasteiger partial charge in [0.05, 0.1) is 18.7 Å². The molecule has 0 radical (unpaired) electrons. The number of rotatable bonds is 8. The first-order valence-electron chi connectivity index (χ1n) is 11.4. The Morgan fingerprint density at radius 1 is 1.42 bits per heavy atom. The fourth-order valence-electron chi connectivity index (χ4n) is 5.09. The number of carbonyl (C=O) groups excluding carboxylic acids is 1. The monoisotopic (exact) mass is 423 g/mol. The first-order chi connectivity index (χ1) is 15.1. The van der Waals surface area contributed by atoms with Gasteiger partial charge in [-0.25, -0.2) is 4.79 Å². The second kappa shape index (κ2) is 9.69. The van der Waals surface area contributed by atoms with Crippen molar-refractivity contribution < 1.29 is 14.3 Å². The summed E-state index contributed by atoms with van der Waals surface area (Å²) >= 11 is 0. The van der Waals surface area contributed by atoms with E-state index >= 15 is 0 Å². The molecule has 1 aromatic heterocycles. The molecule has 0 spiro atoms. The minimum Gasteiger partial charge on any atom is -0.497 e. The van der Waals surface area contributed by atoms with Crippen molar-refractivity contribution in [1.29, 1.82) is 0 Å². The summed E-state index contributed by atoms with van der Waals surface area (Å²) in [5, 5.41) is 3.89. The highest BCUT2D eigenvalue weighted by molar-refractivity contribution is 5.84. The number of alkyl carbamates (subject to hydrolysis) is 1. The first kappa shape index (κ1) is 21.6. The summed E-state index contributed by atoms with van der Waals surface area (Å²) in [6.07, 6.45) is 7.31. The van der Waals surface area contributed by atoms with Crippen LogP contribution in [-0.4, -0.2) is 48.8 Å². The van der Waals surface area contributed by atoms with Crippen LogP contribution in [0.1, 0.15) is 44.3 Å². The van der Waals surface area contributed by atoms with Crippen LogP contribution >= 0.6 is 0 Å². The van der Waals surface area contributed by atoms with Gasteiger partial charge in [0.15, 0.2) is 0 Å². The molecule has 1 N–H and O–H groups in total. The molecule has 6 nitrogen and oxygen atoms in total. The Kier molecular flexibility index (Phi) is 6.76. The number of pyridine rings is 1. The number of carbonyl (C=O) groups is 1. The van der Waals surface area contributed by atoms with Crippen molar-refractivity contribution in [2.45, 2.75) is 44.8 Å². The predicted molar refractivity (Wildman–Crippen MR) is 122 cm³/mol. The first-order valence-corrected chi connectivity index (χ1v) is 11.4. The van der Waals surface area contributed by atoms with E-state index < -0.39 is 0 Å². The van der Waals surface area contributed by atoms with Gasteiger partial charge in [0.25, 0.3) is 0 Å². The van der Waals surface area contributed by atoms with Crippen LogP contribution in [0.2, 0.25) is 0 Å². The summed E-state index contributed by atoms with van der Waals surface area (Å²) in [5.74, 6) is 1.87. The minimum absolute atomic E-state index is 0.142. The van der Waals surface area contributed by atoms with Crippen LogP contribution in [0.5, 0.6) is 5.75 Å². The van der Waals surface area contributed by atoms with Gasteiger partial charge in [-0.3, -0.25) is 9.88 Å². The minimum atomic E-state index is -0.368. The van der Waals surface area contributed by atoms with Crippen LogP contribution in [0.15, 0.2) is 43.1 Å². The third-order valence-electron chi connectivity index (χ3n) is 6.83. The Labute approximate surface area is 184 Å². The zero-order valence-electron chi connectivity index (χ0n) is 18.5. The molecule has 2 unspecified atom stereocenters. The Morgan fingerprint density at radius 3 is 3.00 bits per heavy atom. The quantitative estimate of drug-likeness (QED) is 0.492. The summed E-state index contributed by atoms with van der Waals surface area (Å²) in [7, 11) is 1.66. The molecule has 2 bridgehead atoms. The van der Waals surface area contributed by atoms with Gasteiger partial charge in [0.1, 0.15) is 11.9 Å². The van der Waals surface area contributed by atoms with Crippen molar-refractivity contribution in [3.63, 3.8) is 0 Å². The molecular weight excluding hydrogens is 390 g/mol. The van der Waals surface area contributed by atoms with E-state index in [0.717, 1.165) is 54.6 Å². The van der Waals surface area contributed by atoms with Crippen molar-refractivity contribution in [3.05, 3.63) is 48.7 Å².